The van der Waals surface area contributed by atoms with Crippen molar-refractivity contribution in [3.05, 3.63) is 48.6 Å². The van der Waals surface area contributed by atoms with Gasteiger partial charge in [0.05, 0.1) is 13.2 Å². The molecule has 0 saturated carbocycles. The van der Waals surface area contributed by atoms with Crippen molar-refractivity contribution in [2.75, 3.05) is 26.4 Å². The van der Waals surface area contributed by atoms with Crippen LogP contribution in [0, 0.1) is 0 Å². The number of unbranched alkanes of at least 4 members (excludes halogenated alkanes) is 13. The van der Waals surface area contributed by atoms with E-state index in [0.29, 0.717) is 6.42 Å². The lowest BCUT2D eigenvalue weighted by atomic mass is 10.0. The van der Waals surface area contributed by atoms with Gasteiger partial charge in [-0.3, -0.25) is 18.6 Å². The molecule has 3 N–H and O–H groups in total. The van der Waals surface area contributed by atoms with Crippen LogP contribution in [-0.2, 0) is 32.7 Å². The Labute approximate surface area is 292 Å². The van der Waals surface area contributed by atoms with Gasteiger partial charge in [-0.05, 0) is 51.4 Å². The Morgan fingerprint density at radius 1 is 0.646 bits per heavy atom. The van der Waals surface area contributed by atoms with Gasteiger partial charge in [0.1, 0.15) is 6.61 Å². The van der Waals surface area contributed by atoms with E-state index in [-0.39, 0.29) is 32.6 Å². The first-order chi connectivity index (χ1) is 23.3. The Kier molecular flexibility index (Phi) is 33.3. The molecule has 0 aliphatic rings. The van der Waals surface area contributed by atoms with Gasteiger partial charge in [0.2, 0.25) is 0 Å². The van der Waals surface area contributed by atoms with Gasteiger partial charge >= 0.3 is 19.8 Å². The summed E-state index contributed by atoms with van der Waals surface area (Å²) in [5, 5.41) is 0. The molecule has 0 aromatic carbocycles. The summed E-state index contributed by atoms with van der Waals surface area (Å²) in [7, 11) is -4.38. The van der Waals surface area contributed by atoms with Crippen LogP contribution in [0.3, 0.4) is 0 Å². The van der Waals surface area contributed by atoms with Crippen LogP contribution in [0.4, 0.5) is 0 Å². The lowest BCUT2D eigenvalue weighted by Gasteiger charge is -2.19. The zero-order valence-electron chi connectivity index (χ0n) is 30.2. The lowest BCUT2D eigenvalue weighted by molar-refractivity contribution is -0.161. The van der Waals surface area contributed by atoms with Gasteiger partial charge in [0.25, 0.3) is 0 Å². The molecule has 10 heteroatoms. The zero-order chi connectivity index (χ0) is 35.4. The summed E-state index contributed by atoms with van der Waals surface area (Å²) in [6.45, 7) is 3.54. The van der Waals surface area contributed by atoms with Crippen LogP contribution in [0.15, 0.2) is 48.6 Å². The molecule has 0 rings (SSSR count). The van der Waals surface area contributed by atoms with E-state index in [1.807, 2.05) is 0 Å². The number of carbonyl (C=O) groups excluding carboxylic acids is 2. The normalized spacial score (nSPS) is 14.0. The Hall–Kier alpha value is -2.03. The molecule has 0 aliphatic heterocycles. The van der Waals surface area contributed by atoms with Crippen molar-refractivity contribution in [2.24, 2.45) is 5.73 Å². The molecule has 0 aromatic heterocycles. The maximum Gasteiger partial charge on any atom is 0.472 e. The average Bonchev–Trinajstić information content (AvgIpc) is 3.07. The molecule has 0 saturated heterocycles. The molecule has 0 bridgehead atoms. The number of carbonyl (C=O) groups is 2. The summed E-state index contributed by atoms with van der Waals surface area (Å²) in [6, 6.07) is 0. The Balaban J connectivity index is 4.32. The highest BCUT2D eigenvalue weighted by Crippen LogP contribution is 2.43. The van der Waals surface area contributed by atoms with Crippen molar-refractivity contribution in [1.82, 2.24) is 0 Å². The molecule has 278 valence electrons. The average molecular weight is 698 g/mol. The highest BCUT2D eigenvalue weighted by atomic mass is 31.2. The van der Waals surface area contributed by atoms with Gasteiger partial charge in [-0.25, -0.2) is 4.57 Å². The number of nitrogens with two attached hydrogens (primary N) is 1. The first-order valence-electron chi connectivity index (χ1n) is 18.6. The number of ether oxygens (including phenoxy) is 2. The van der Waals surface area contributed by atoms with E-state index in [9.17, 15) is 19.0 Å². The summed E-state index contributed by atoms with van der Waals surface area (Å²) in [4.78, 5) is 34.6. The molecular formula is C38H68NO8P. The molecule has 0 spiro atoms. The topological polar surface area (TPSA) is 134 Å². The number of hydrogen-bond acceptors (Lipinski definition) is 8. The first-order valence-corrected chi connectivity index (χ1v) is 20.1. The minimum Gasteiger partial charge on any atom is -0.462 e. The maximum absolute atomic E-state index is 12.5. The highest BCUT2D eigenvalue weighted by Gasteiger charge is 2.25. The largest absolute Gasteiger partial charge is 0.472 e. The fourth-order valence-electron chi connectivity index (χ4n) is 4.74. The molecule has 9 nitrogen and oxygen atoms in total. The van der Waals surface area contributed by atoms with Gasteiger partial charge in [-0.2, -0.15) is 0 Å². The molecule has 48 heavy (non-hydrogen) atoms. The van der Waals surface area contributed by atoms with E-state index in [1.54, 1.807) is 0 Å². The molecule has 2 atom stereocenters. The van der Waals surface area contributed by atoms with Gasteiger partial charge < -0.3 is 20.1 Å². The predicted octanol–water partition coefficient (Wildman–Crippen LogP) is 9.99. The monoisotopic (exact) mass is 697 g/mol. The number of phosphoric ester groups is 1. The van der Waals surface area contributed by atoms with Crippen LogP contribution >= 0.6 is 7.82 Å². The first kappa shape index (κ1) is 46.0. The quantitative estimate of drug-likeness (QED) is 0.0291. The number of phosphoric acid groups is 1. The number of allylic oxidation sites excluding steroid dienone is 8. The SMILES string of the molecule is CC/C=C/C/C=C/C/C=C/C/C=C/CCCCC(=O)O[C@H](COC(=O)CCCCCCCCCCCCCC)COP(=O)(O)OCCN. The van der Waals surface area contributed by atoms with E-state index in [2.05, 4.69) is 62.5 Å². The summed E-state index contributed by atoms with van der Waals surface area (Å²) in [5.74, 6) is -0.881. The van der Waals surface area contributed by atoms with E-state index in [1.165, 1.54) is 57.8 Å². The zero-order valence-corrected chi connectivity index (χ0v) is 31.1. The number of rotatable bonds is 34. The molecule has 1 unspecified atom stereocenters. The van der Waals surface area contributed by atoms with E-state index < -0.39 is 32.5 Å². The number of esters is 2. The number of hydrogen-bond donors (Lipinski definition) is 2. The molecule has 0 aliphatic carbocycles. The third-order valence-corrected chi connectivity index (χ3v) is 8.46. The molecular weight excluding hydrogens is 629 g/mol. The smallest absolute Gasteiger partial charge is 0.462 e. The summed E-state index contributed by atoms with van der Waals surface area (Å²) in [5.41, 5.74) is 5.32. The second-order valence-corrected chi connectivity index (χ2v) is 13.5. The third-order valence-electron chi connectivity index (χ3n) is 7.48. The minimum atomic E-state index is -4.38. The summed E-state index contributed by atoms with van der Waals surface area (Å²) < 4.78 is 32.6. The van der Waals surface area contributed by atoms with E-state index in [4.69, 9.17) is 24.3 Å². The second-order valence-electron chi connectivity index (χ2n) is 12.1. The molecule has 0 amide bonds. The molecule has 0 radical (unpaired) electrons. The lowest BCUT2D eigenvalue weighted by Crippen LogP contribution is -2.29. The highest BCUT2D eigenvalue weighted by molar-refractivity contribution is 7.47. The van der Waals surface area contributed by atoms with Gasteiger partial charge in [-0.15, -0.1) is 0 Å². The van der Waals surface area contributed by atoms with Gasteiger partial charge in [-0.1, -0.05) is 133 Å². The van der Waals surface area contributed by atoms with Crippen molar-refractivity contribution in [3.63, 3.8) is 0 Å². The maximum atomic E-state index is 12.5. The fourth-order valence-corrected chi connectivity index (χ4v) is 5.51. The van der Waals surface area contributed by atoms with Gasteiger partial charge in [0, 0.05) is 19.4 Å². The Morgan fingerprint density at radius 2 is 1.15 bits per heavy atom. The van der Waals surface area contributed by atoms with Crippen LogP contribution in [0.25, 0.3) is 0 Å². The minimum absolute atomic E-state index is 0.0456. The van der Waals surface area contributed by atoms with Crippen molar-refractivity contribution in [1.29, 1.82) is 0 Å². The van der Waals surface area contributed by atoms with Crippen molar-refractivity contribution < 1.29 is 37.6 Å². The molecule has 0 heterocycles. The van der Waals surface area contributed by atoms with Crippen LogP contribution in [-0.4, -0.2) is 49.3 Å². The predicted molar refractivity (Wildman–Crippen MR) is 196 cm³/mol. The summed E-state index contributed by atoms with van der Waals surface area (Å²) >= 11 is 0. The van der Waals surface area contributed by atoms with Crippen molar-refractivity contribution in [3.8, 4) is 0 Å². The van der Waals surface area contributed by atoms with E-state index in [0.717, 1.165) is 57.8 Å². The summed E-state index contributed by atoms with van der Waals surface area (Å²) in [6.07, 6.45) is 37.2. The molecule has 0 fully saturated rings. The third kappa shape index (κ3) is 33.9. The van der Waals surface area contributed by atoms with Crippen LogP contribution in [0.2, 0.25) is 0 Å². The Bertz CT molecular complexity index is 934. The fraction of sp³-hybridized carbons (Fsp3) is 0.737. The van der Waals surface area contributed by atoms with Gasteiger partial charge in [0.15, 0.2) is 6.10 Å². The van der Waals surface area contributed by atoms with E-state index >= 15 is 0 Å². The van der Waals surface area contributed by atoms with Crippen LogP contribution in [0.5, 0.6) is 0 Å². The van der Waals surface area contributed by atoms with Crippen LogP contribution in [0.1, 0.15) is 149 Å². The van der Waals surface area contributed by atoms with Crippen molar-refractivity contribution >= 4 is 19.8 Å². The Morgan fingerprint density at radius 3 is 1.71 bits per heavy atom. The van der Waals surface area contributed by atoms with Crippen molar-refractivity contribution in [2.45, 2.75) is 155 Å². The second kappa shape index (κ2) is 34.8. The van der Waals surface area contributed by atoms with Crippen LogP contribution < -0.4 is 5.73 Å². The molecule has 0 aromatic rings. The standard InChI is InChI=1S/C38H68NO8P/c1-3-5-7-9-11-13-15-17-18-19-21-23-25-27-29-31-38(41)47-36(35-46-48(42,43)45-33-32-39)34-44-37(40)30-28-26-24-22-20-16-14-12-10-8-6-4-2/h5,7,11,13,17-18,21,23,36H,3-4,6,8-10,12,14-16,19-20,22,24-35,39H2,1-2H3,(H,42,43)/b7-5+,13-11+,18-17+,23-21+/t36-/m1/s1.